The fourth-order valence-electron chi connectivity index (χ4n) is 2.21. The van der Waals surface area contributed by atoms with E-state index in [4.69, 9.17) is 0 Å². The SMILES string of the molecule is CC(C)C(CNC(=O)CBr)N1CCN(C)CC1. The minimum absolute atomic E-state index is 0.0739. The molecular formula is C12H24BrN3O. The lowest BCUT2D eigenvalue weighted by Gasteiger charge is -2.39. The Labute approximate surface area is 113 Å². The summed E-state index contributed by atoms with van der Waals surface area (Å²) in [6, 6.07) is 0.451. The van der Waals surface area contributed by atoms with Crippen LogP contribution in [0.5, 0.6) is 0 Å². The van der Waals surface area contributed by atoms with Crippen LogP contribution in [-0.2, 0) is 4.79 Å². The molecule has 100 valence electrons. The van der Waals surface area contributed by atoms with Crippen molar-refractivity contribution in [1.29, 1.82) is 0 Å². The van der Waals surface area contributed by atoms with Gasteiger partial charge in [0.15, 0.2) is 0 Å². The second-order valence-corrected chi connectivity index (χ2v) is 5.65. The van der Waals surface area contributed by atoms with Crippen molar-refractivity contribution in [2.75, 3.05) is 45.1 Å². The van der Waals surface area contributed by atoms with E-state index in [-0.39, 0.29) is 5.91 Å². The van der Waals surface area contributed by atoms with Crippen LogP contribution in [0.15, 0.2) is 0 Å². The average Bonchev–Trinajstić information content (AvgIpc) is 2.31. The van der Waals surface area contributed by atoms with Gasteiger partial charge in [0.1, 0.15) is 0 Å². The smallest absolute Gasteiger partial charge is 0.230 e. The third-order valence-electron chi connectivity index (χ3n) is 3.41. The van der Waals surface area contributed by atoms with Crippen molar-refractivity contribution in [2.24, 2.45) is 5.92 Å². The number of nitrogens with one attached hydrogen (secondary N) is 1. The van der Waals surface area contributed by atoms with Crippen LogP contribution in [0.3, 0.4) is 0 Å². The molecule has 1 fully saturated rings. The predicted octanol–water partition coefficient (Wildman–Crippen LogP) is 0.770. The van der Waals surface area contributed by atoms with Crippen molar-refractivity contribution in [3.05, 3.63) is 0 Å². The fraction of sp³-hybridized carbons (Fsp3) is 0.917. The van der Waals surface area contributed by atoms with Crippen molar-refractivity contribution in [2.45, 2.75) is 19.9 Å². The van der Waals surface area contributed by atoms with E-state index in [9.17, 15) is 4.79 Å². The van der Waals surface area contributed by atoms with E-state index >= 15 is 0 Å². The summed E-state index contributed by atoms with van der Waals surface area (Å²) in [5.41, 5.74) is 0. The van der Waals surface area contributed by atoms with Gasteiger partial charge in [0.25, 0.3) is 0 Å². The third-order valence-corrected chi connectivity index (χ3v) is 3.92. The molecule has 5 heteroatoms. The number of piperazine rings is 1. The summed E-state index contributed by atoms with van der Waals surface area (Å²) in [7, 11) is 2.16. The lowest BCUT2D eigenvalue weighted by molar-refractivity contribution is -0.118. The first-order valence-electron chi connectivity index (χ1n) is 6.30. The first-order valence-corrected chi connectivity index (χ1v) is 7.42. The molecule has 1 unspecified atom stereocenters. The number of carbonyl (C=O) groups excluding carboxylic acids is 1. The van der Waals surface area contributed by atoms with Gasteiger partial charge in [-0.2, -0.15) is 0 Å². The molecule has 0 radical (unpaired) electrons. The monoisotopic (exact) mass is 305 g/mol. The number of nitrogens with zero attached hydrogens (tertiary/aromatic N) is 2. The van der Waals surface area contributed by atoms with Crippen molar-refractivity contribution in [3.8, 4) is 0 Å². The zero-order valence-corrected chi connectivity index (χ0v) is 12.7. The molecule has 17 heavy (non-hydrogen) atoms. The summed E-state index contributed by atoms with van der Waals surface area (Å²) in [5, 5.41) is 3.37. The molecule has 0 saturated carbocycles. The molecule has 1 N–H and O–H groups in total. The number of hydrogen-bond acceptors (Lipinski definition) is 3. The average molecular weight is 306 g/mol. The highest BCUT2D eigenvalue weighted by Gasteiger charge is 2.24. The van der Waals surface area contributed by atoms with E-state index in [1.807, 2.05) is 0 Å². The summed E-state index contributed by atoms with van der Waals surface area (Å²) in [6.45, 7) is 9.65. The number of carbonyl (C=O) groups is 1. The molecule has 0 spiro atoms. The highest BCUT2D eigenvalue weighted by atomic mass is 79.9. The lowest BCUT2D eigenvalue weighted by atomic mass is 10.0. The summed E-state index contributed by atoms with van der Waals surface area (Å²) >= 11 is 3.17. The largest absolute Gasteiger partial charge is 0.354 e. The molecule has 1 aliphatic rings. The summed E-state index contributed by atoms with van der Waals surface area (Å²) < 4.78 is 0. The van der Waals surface area contributed by atoms with Gasteiger partial charge >= 0.3 is 0 Å². The van der Waals surface area contributed by atoms with Crippen molar-refractivity contribution in [1.82, 2.24) is 15.1 Å². The molecule has 1 aliphatic heterocycles. The molecule has 0 aromatic heterocycles. The van der Waals surface area contributed by atoms with Crippen LogP contribution >= 0.6 is 15.9 Å². The number of alkyl halides is 1. The van der Waals surface area contributed by atoms with Crippen molar-refractivity contribution in [3.63, 3.8) is 0 Å². The Morgan fingerprint density at radius 2 is 1.88 bits per heavy atom. The Morgan fingerprint density at radius 3 is 2.35 bits per heavy atom. The van der Waals surface area contributed by atoms with E-state index in [2.05, 4.69) is 51.9 Å². The Balaban J connectivity index is 2.45. The standard InChI is InChI=1S/C12H24BrN3O/c1-10(2)11(9-14-12(17)8-13)16-6-4-15(3)5-7-16/h10-11H,4-9H2,1-3H3,(H,14,17). The number of hydrogen-bond donors (Lipinski definition) is 1. The Kier molecular flexibility index (Phi) is 6.44. The predicted molar refractivity (Wildman–Crippen MR) is 74.5 cm³/mol. The second-order valence-electron chi connectivity index (χ2n) is 5.09. The van der Waals surface area contributed by atoms with E-state index in [1.165, 1.54) is 0 Å². The number of amides is 1. The van der Waals surface area contributed by atoms with Crippen LogP contribution in [0, 0.1) is 5.92 Å². The van der Waals surface area contributed by atoms with Crippen LogP contribution in [0.25, 0.3) is 0 Å². The molecule has 0 aromatic rings. The van der Waals surface area contributed by atoms with Gasteiger partial charge in [-0.3, -0.25) is 9.69 Å². The molecule has 1 heterocycles. The van der Waals surface area contributed by atoms with E-state index in [0.717, 1.165) is 32.7 Å². The van der Waals surface area contributed by atoms with Crippen LogP contribution < -0.4 is 5.32 Å². The van der Waals surface area contributed by atoms with Gasteiger partial charge in [0.05, 0.1) is 5.33 Å². The molecule has 4 nitrogen and oxygen atoms in total. The van der Waals surface area contributed by atoms with Crippen LogP contribution in [0.2, 0.25) is 0 Å². The Morgan fingerprint density at radius 1 is 1.29 bits per heavy atom. The molecule has 1 saturated heterocycles. The van der Waals surface area contributed by atoms with Crippen LogP contribution in [-0.4, -0.2) is 66.9 Å². The fourth-order valence-corrected chi connectivity index (χ4v) is 2.40. The van der Waals surface area contributed by atoms with Gasteiger partial charge in [-0.1, -0.05) is 29.8 Å². The van der Waals surface area contributed by atoms with Crippen molar-refractivity contribution < 1.29 is 4.79 Å². The van der Waals surface area contributed by atoms with E-state index in [0.29, 0.717) is 17.3 Å². The Bertz CT molecular complexity index is 240. The maximum absolute atomic E-state index is 11.3. The van der Waals surface area contributed by atoms with Gasteiger partial charge in [0.2, 0.25) is 5.91 Å². The van der Waals surface area contributed by atoms with Gasteiger partial charge in [-0.15, -0.1) is 0 Å². The zero-order valence-electron chi connectivity index (χ0n) is 11.1. The minimum Gasteiger partial charge on any atom is -0.354 e. The van der Waals surface area contributed by atoms with Gasteiger partial charge in [-0.05, 0) is 13.0 Å². The molecule has 1 rings (SSSR count). The second kappa shape index (κ2) is 7.34. The van der Waals surface area contributed by atoms with E-state index in [1.54, 1.807) is 0 Å². The van der Waals surface area contributed by atoms with Crippen LogP contribution in [0.4, 0.5) is 0 Å². The topological polar surface area (TPSA) is 35.6 Å². The quantitative estimate of drug-likeness (QED) is 0.762. The minimum atomic E-state index is 0.0739. The molecular weight excluding hydrogens is 282 g/mol. The van der Waals surface area contributed by atoms with Gasteiger partial charge in [0, 0.05) is 38.8 Å². The first-order chi connectivity index (χ1) is 8.04. The molecule has 0 aromatic carbocycles. The maximum atomic E-state index is 11.3. The molecule has 1 atom stereocenters. The number of likely N-dealkylation sites (N-methyl/N-ethyl adjacent to an activating group) is 1. The van der Waals surface area contributed by atoms with Crippen LogP contribution in [0.1, 0.15) is 13.8 Å². The highest BCUT2D eigenvalue weighted by molar-refractivity contribution is 9.09. The number of halogens is 1. The van der Waals surface area contributed by atoms with Gasteiger partial charge in [-0.25, -0.2) is 0 Å². The molecule has 0 aliphatic carbocycles. The maximum Gasteiger partial charge on any atom is 0.230 e. The lowest BCUT2D eigenvalue weighted by Crippen LogP contribution is -2.54. The van der Waals surface area contributed by atoms with Crippen molar-refractivity contribution >= 4 is 21.8 Å². The highest BCUT2D eigenvalue weighted by Crippen LogP contribution is 2.12. The summed E-state index contributed by atoms with van der Waals surface area (Å²) in [5.74, 6) is 0.638. The zero-order chi connectivity index (χ0) is 12.8. The van der Waals surface area contributed by atoms with Gasteiger partial charge < -0.3 is 10.2 Å². The third kappa shape index (κ3) is 4.94. The summed E-state index contributed by atoms with van der Waals surface area (Å²) in [4.78, 5) is 16.1. The molecule has 0 bridgehead atoms. The van der Waals surface area contributed by atoms with E-state index < -0.39 is 0 Å². The number of rotatable bonds is 5. The normalized spacial score (nSPS) is 20.5. The first kappa shape index (κ1) is 14.9. The molecule has 1 amide bonds. The summed E-state index contributed by atoms with van der Waals surface area (Å²) in [6.07, 6.45) is 0. The Hall–Kier alpha value is -0.130.